The van der Waals surface area contributed by atoms with Gasteiger partial charge in [0.05, 0.1) is 11.4 Å². The molecule has 0 fully saturated rings. The van der Waals surface area contributed by atoms with Crippen molar-refractivity contribution in [2.75, 3.05) is 17.2 Å². The van der Waals surface area contributed by atoms with Gasteiger partial charge in [0, 0.05) is 12.6 Å². The van der Waals surface area contributed by atoms with Crippen LogP contribution in [-0.2, 0) is 0 Å². The Balaban J connectivity index is 2.32. The van der Waals surface area contributed by atoms with Gasteiger partial charge in [-0.05, 0) is 31.4 Å². The van der Waals surface area contributed by atoms with Crippen LogP contribution in [0.25, 0.3) is 0 Å². The first-order chi connectivity index (χ1) is 6.81. The number of fused-ring (bicyclic) bond motifs is 1. The van der Waals surface area contributed by atoms with Crippen LogP contribution in [0, 0.1) is 6.92 Å². The van der Waals surface area contributed by atoms with Crippen LogP contribution in [0.3, 0.4) is 0 Å². The third-order valence-corrected chi connectivity index (χ3v) is 2.92. The standard InChI is InChI=1S/C12H18N2/c1-3-10-7-8-13-12-9(2)5-4-6-11(12)14-10/h4-6,10,13-14H,3,7-8H2,1-2H3. The minimum Gasteiger partial charge on any atom is -0.383 e. The molecule has 0 spiro atoms. The van der Waals surface area contributed by atoms with Crippen LogP contribution in [0.4, 0.5) is 11.4 Å². The molecule has 2 nitrogen and oxygen atoms in total. The van der Waals surface area contributed by atoms with Gasteiger partial charge in [-0.25, -0.2) is 0 Å². The Morgan fingerprint density at radius 2 is 2.29 bits per heavy atom. The summed E-state index contributed by atoms with van der Waals surface area (Å²) in [7, 11) is 0. The first-order valence-electron chi connectivity index (χ1n) is 5.41. The van der Waals surface area contributed by atoms with Gasteiger partial charge in [0.2, 0.25) is 0 Å². The van der Waals surface area contributed by atoms with E-state index in [2.05, 4.69) is 42.7 Å². The summed E-state index contributed by atoms with van der Waals surface area (Å²) >= 11 is 0. The second-order valence-corrected chi connectivity index (χ2v) is 3.96. The number of hydrogen-bond acceptors (Lipinski definition) is 2. The van der Waals surface area contributed by atoms with Gasteiger partial charge in [-0.1, -0.05) is 19.1 Å². The maximum absolute atomic E-state index is 3.59. The van der Waals surface area contributed by atoms with Crippen LogP contribution >= 0.6 is 0 Å². The lowest BCUT2D eigenvalue weighted by atomic mass is 10.1. The summed E-state index contributed by atoms with van der Waals surface area (Å²) in [5.41, 5.74) is 3.87. The second kappa shape index (κ2) is 3.91. The predicted molar refractivity (Wildman–Crippen MR) is 62.0 cm³/mol. The molecule has 1 unspecified atom stereocenters. The van der Waals surface area contributed by atoms with E-state index in [9.17, 15) is 0 Å². The number of benzene rings is 1. The molecule has 1 aliphatic rings. The van der Waals surface area contributed by atoms with E-state index in [1.54, 1.807) is 0 Å². The second-order valence-electron chi connectivity index (χ2n) is 3.96. The van der Waals surface area contributed by atoms with Crippen molar-refractivity contribution in [2.24, 2.45) is 0 Å². The van der Waals surface area contributed by atoms with Crippen molar-refractivity contribution in [3.8, 4) is 0 Å². The fraction of sp³-hybridized carbons (Fsp3) is 0.500. The summed E-state index contributed by atoms with van der Waals surface area (Å²) < 4.78 is 0. The molecule has 1 aromatic rings. The smallest absolute Gasteiger partial charge is 0.0605 e. The lowest BCUT2D eigenvalue weighted by molar-refractivity contribution is 0.661. The Kier molecular flexibility index (Phi) is 2.62. The predicted octanol–water partition coefficient (Wildman–Crippen LogP) is 3.00. The van der Waals surface area contributed by atoms with E-state index in [1.165, 1.54) is 29.8 Å². The Labute approximate surface area is 85.7 Å². The average molecular weight is 190 g/mol. The largest absolute Gasteiger partial charge is 0.383 e. The molecule has 1 heterocycles. The molecule has 2 N–H and O–H groups in total. The number of para-hydroxylation sites is 1. The zero-order chi connectivity index (χ0) is 9.97. The van der Waals surface area contributed by atoms with Crippen molar-refractivity contribution in [3.63, 3.8) is 0 Å². The molecule has 2 rings (SSSR count). The Morgan fingerprint density at radius 1 is 1.43 bits per heavy atom. The quantitative estimate of drug-likeness (QED) is 0.711. The van der Waals surface area contributed by atoms with Crippen LogP contribution in [-0.4, -0.2) is 12.6 Å². The van der Waals surface area contributed by atoms with Crippen molar-refractivity contribution in [1.82, 2.24) is 0 Å². The fourth-order valence-electron chi connectivity index (χ4n) is 1.99. The van der Waals surface area contributed by atoms with Crippen molar-refractivity contribution >= 4 is 11.4 Å². The third-order valence-electron chi connectivity index (χ3n) is 2.92. The summed E-state index contributed by atoms with van der Waals surface area (Å²) in [6, 6.07) is 7.04. The van der Waals surface area contributed by atoms with Gasteiger partial charge in [0.15, 0.2) is 0 Å². The molecule has 76 valence electrons. The first kappa shape index (κ1) is 9.38. The van der Waals surface area contributed by atoms with Gasteiger partial charge in [-0.2, -0.15) is 0 Å². The van der Waals surface area contributed by atoms with E-state index in [1.807, 2.05) is 0 Å². The van der Waals surface area contributed by atoms with Crippen LogP contribution < -0.4 is 10.6 Å². The van der Waals surface area contributed by atoms with Crippen LogP contribution in [0.5, 0.6) is 0 Å². The third kappa shape index (κ3) is 1.69. The minimum atomic E-state index is 0.616. The highest BCUT2D eigenvalue weighted by atomic mass is 15.0. The molecule has 0 bridgehead atoms. The molecule has 1 atom stereocenters. The van der Waals surface area contributed by atoms with Crippen LogP contribution in [0.2, 0.25) is 0 Å². The Bertz CT molecular complexity index is 320. The number of anilines is 2. The van der Waals surface area contributed by atoms with Crippen LogP contribution in [0.15, 0.2) is 18.2 Å². The molecule has 0 amide bonds. The highest BCUT2D eigenvalue weighted by Crippen LogP contribution is 2.29. The molecular weight excluding hydrogens is 172 g/mol. The van der Waals surface area contributed by atoms with Gasteiger partial charge in [0.1, 0.15) is 0 Å². The normalized spacial score (nSPS) is 20.3. The summed E-state index contributed by atoms with van der Waals surface area (Å²) in [6.07, 6.45) is 2.39. The lowest BCUT2D eigenvalue weighted by Crippen LogP contribution is -2.18. The highest BCUT2D eigenvalue weighted by Gasteiger charge is 2.14. The summed E-state index contributed by atoms with van der Waals surface area (Å²) in [6.45, 7) is 5.46. The molecule has 1 aliphatic heterocycles. The van der Waals surface area contributed by atoms with Crippen molar-refractivity contribution in [1.29, 1.82) is 0 Å². The maximum atomic E-state index is 3.59. The molecule has 0 aliphatic carbocycles. The monoisotopic (exact) mass is 190 g/mol. The number of aryl methyl sites for hydroxylation is 1. The Hall–Kier alpha value is -1.18. The average Bonchev–Trinajstić information content (AvgIpc) is 2.40. The van der Waals surface area contributed by atoms with Gasteiger partial charge in [-0.3, -0.25) is 0 Å². The molecule has 0 aromatic heterocycles. The van der Waals surface area contributed by atoms with E-state index in [0.717, 1.165) is 6.54 Å². The van der Waals surface area contributed by atoms with E-state index >= 15 is 0 Å². The Morgan fingerprint density at radius 3 is 3.07 bits per heavy atom. The van der Waals surface area contributed by atoms with Gasteiger partial charge >= 0.3 is 0 Å². The molecule has 0 radical (unpaired) electrons. The van der Waals surface area contributed by atoms with Crippen molar-refractivity contribution in [2.45, 2.75) is 32.7 Å². The SMILES string of the molecule is CCC1CCNc2c(C)cccc2N1. The van der Waals surface area contributed by atoms with E-state index in [4.69, 9.17) is 0 Å². The van der Waals surface area contributed by atoms with Crippen LogP contribution in [0.1, 0.15) is 25.3 Å². The van der Waals surface area contributed by atoms with Crippen molar-refractivity contribution < 1.29 is 0 Å². The molecular formula is C12H18N2. The van der Waals surface area contributed by atoms with E-state index < -0.39 is 0 Å². The molecule has 0 saturated heterocycles. The zero-order valence-electron chi connectivity index (χ0n) is 8.93. The van der Waals surface area contributed by atoms with Crippen molar-refractivity contribution in [3.05, 3.63) is 23.8 Å². The topological polar surface area (TPSA) is 24.1 Å². The molecule has 2 heteroatoms. The zero-order valence-corrected chi connectivity index (χ0v) is 8.93. The van der Waals surface area contributed by atoms with Gasteiger partial charge < -0.3 is 10.6 Å². The van der Waals surface area contributed by atoms with Gasteiger partial charge in [-0.15, -0.1) is 0 Å². The summed E-state index contributed by atoms with van der Waals surface area (Å²) in [5, 5.41) is 7.08. The highest BCUT2D eigenvalue weighted by molar-refractivity contribution is 5.73. The lowest BCUT2D eigenvalue weighted by Gasteiger charge is -2.15. The summed E-state index contributed by atoms with van der Waals surface area (Å²) in [4.78, 5) is 0. The summed E-state index contributed by atoms with van der Waals surface area (Å²) in [5.74, 6) is 0. The van der Waals surface area contributed by atoms with E-state index in [-0.39, 0.29) is 0 Å². The minimum absolute atomic E-state index is 0.616. The molecule has 1 aromatic carbocycles. The molecule has 0 saturated carbocycles. The number of nitrogens with one attached hydrogen (secondary N) is 2. The number of rotatable bonds is 1. The molecule has 14 heavy (non-hydrogen) atoms. The fourth-order valence-corrected chi connectivity index (χ4v) is 1.99. The van der Waals surface area contributed by atoms with E-state index in [0.29, 0.717) is 6.04 Å². The first-order valence-corrected chi connectivity index (χ1v) is 5.41. The number of hydrogen-bond donors (Lipinski definition) is 2. The van der Waals surface area contributed by atoms with Gasteiger partial charge in [0.25, 0.3) is 0 Å². The maximum Gasteiger partial charge on any atom is 0.0605 e.